The number of aliphatic hydroxyl groups is 2. The number of rotatable bonds is 36. The molecule has 2 unspecified atom stereocenters. The molecule has 6 aromatic rings. The van der Waals surface area contributed by atoms with E-state index in [1.165, 1.54) is 58.0 Å². The van der Waals surface area contributed by atoms with Crippen LogP contribution in [-0.2, 0) is 54.1 Å². The molecular weight excluding hydrogens is 1270 g/mol. The summed E-state index contributed by atoms with van der Waals surface area (Å²) in [6.45, 7) is 9.64. The maximum atomic E-state index is 14.7. The maximum absolute atomic E-state index is 14.7. The fourth-order valence-electron chi connectivity index (χ4n) is 10.4. The summed E-state index contributed by atoms with van der Waals surface area (Å²) in [5.41, 5.74) is 4.44. The number of carbonyl (C=O) groups excluding carboxylic acids is 7. The molecule has 2 aliphatic rings. The number of nitrogens with zero attached hydrogens (tertiary/aromatic N) is 6. The van der Waals surface area contributed by atoms with Gasteiger partial charge in [-0.05, 0) is 103 Å². The van der Waals surface area contributed by atoms with Crippen molar-refractivity contribution in [1.29, 1.82) is 0 Å². The predicted octanol–water partition coefficient (Wildman–Crippen LogP) is 5.59. The number of fused-ring (bicyclic) bond motifs is 4. The fraction of sp³-hybridized carbons (Fsp3) is 0.433. The van der Waals surface area contributed by atoms with Gasteiger partial charge in [0.15, 0.2) is 0 Å². The van der Waals surface area contributed by atoms with Crippen LogP contribution in [0.25, 0.3) is 16.4 Å². The van der Waals surface area contributed by atoms with Gasteiger partial charge in [-0.15, -0.1) is 11.6 Å². The van der Waals surface area contributed by atoms with Gasteiger partial charge in [-0.3, -0.25) is 28.9 Å². The van der Waals surface area contributed by atoms with Crippen LogP contribution in [0.3, 0.4) is 0 Å². The first-order chi connectivity index (χ1) is 46.2. The summed E-state index contributed by atoms with van der Waals surface area (Å²) in [5.74, 6) is -2.68. The van der Waals surface area contributed by atoms with E-state index in [1.54, 1.807) is 92.2 Å². The number of hydrogen-bond donors (Lipinski definition) is 7. The minimum absolute atomic E-state index is 0.0134. The molecule has 28 nitrogen and oxygen atoms in total. The number of ether oxygens (including phenoxy) is 8. The van der Waals surface area contributed by atoms with Gasteiger partial charge in [-0.25, -0.2) is 14.6 Å². The second-order valence-corrected chi connectivity index (χ2v) is 23.3. The molecule has 0 saturated heterocycles. The summed E-state index contributed by atoms with van der Waals surface area (Å²) in [6.07, 6.45) is 1.67. The van der Waals surface area contributed by atoms with Gasteiger partial charge in [0.1, 0.15) is 47.8 Å². The second kappa shape index (κ2) is 35.8. The van der Waals surface area contributed by atoms with Crippen molar-refractivity contribution in [1.82, 2.24) is 34.7 Å². The molecule has 7 N–H and O–H groups in total. The van der Waals surface area contributed by atoms with Crippen molar-refractivity contribution in [3.05, 3.63) is 137 Å². The van der Waals surface area contributed by atoms with E-state index in [1.807, 2.05) is 25.1 Å². The van der Waals surface area contributed by atoms with Crippen LogP contribution in [0.5, 0.6) is 11.5 Å². The number of nitrogens with one attached hydrogen (secondary N) is 4. The fourth-order valence-corrected chi connectivity index (χ4v) is 10.7. The van der Waals surface area contributed by atoms with E-state index in [9.17, 15) is 48.9 Å². The molecule has 516 valence electrons. The average Bonchev–Trinajstić information content (AvgIpc) is 1.53. The van der Waals surface area contributed by atoms with E-state index < -0.39 is 60.5 Å². The number of aromatic nitrogens is 2. The Morgan fingerprint density at radius 2 is 1.47 bits per heavy atom. The van der Waals surface area contributed by atoms with Crippen molar-refractivity contribution in [2.24, 2.45) is 5.92 Å². The molecule has 0 aliphatic carbocycles. The van der Waals surface area contributed by atoms with Crippen molar-refractivity contribution < 1.29 is 86.8 Å². The lowest BCUT2D eigenvalue weighted by Gasteiger charge is -2.28. The molecular formula is C67H83ClN10O18. The number of phenols is 1. The third kappa shape index (κ3) is 20.1. The van der Waals surface area contributed by atoms with Gasteiger partial charge in [0.05, 0.1) is 77.4 Å². The number of phenolic OH excluding ortho intramolecular Hbond substituents is 1. The van der Waals surface area contributed by atoms with Crippen LogP contribution < -0.4 is 30.9 Å². The van der Waals surface area contributed by atoms with Crippen LogP contribution in [0.15, 0.2) is 109 Å². The molecule has 4 aromatic carbocycles. The van der Waals surface area contributed by atoms with Crippen molar-refractivity contribution in [3.63, 3.8) is 0 Å². The van der Waals surface area contributed by atoms with Crippen molar-refractivity contribution in [2.45, 2.75) is 64.9 Å². The molecule has 0 radical (unpaired) electrons. The Hall–Kier alpha value is -8.81. The molecule has 0 saturated carbocycles. The van der Waals surface area contributed by atoms with Gasteiger partial charge < -0.3 is 93.6 Å². The van der Waals surface area contributed by atoms with Crippen LogP contribution in [0.4, 0.5) is 26.7 Å². The summed E-state index contributed by atoms with van der Waals surface area (Å²) < 4.78 is 45.9. The molecule has 0 bridgehead atoms. The number of pyridine rings is 1. The lowest BCUT2D eigenvalue weighted by atomic mass is 9.92. The third-order valence-electron chi connectivity index (χ3n) is 15.7. The molecule has 8 rings (SSSR count). The first-order valence-electron chi connectivity index (χ1n) is 31.3. The molecule has 2 aromatic heterocycles. The summed E-state index contributed by atoms with van der Waals surface area (Å²) in [4.78, 5) is 104. The number of anilines is 3. The molecule has 4 heterocycles. The highest BCUT2D eigenvalue weighted by Crippen LogP contribution is 2.47. The third-order valence-corrected chi connectivity index (χ3v) is 16.1. The smallest absolute Gasteiger partial charge is 0.415 e. The number of halogens is 1. The number of methoxy groups -OCH3 is 1. The van der Waals surface area contributed by atoms with E-state index >= 15 is 0 Å². The lowest BCUT2D eigenvalue weighted by molar-refractivity contribution is -0.192. The van der Waals surface area contributed by atoms with E-state index in [0.29, 0.717) is 72.3 Å². The van der Waals surface area contributed by atoms with E-state index in [-0.39, 0.29) is 113 Å². The standard InChI is InChI=1S/C67H83ClN10O18/c1-42(2)60(73-65(86)94-35-34-93-33-32-92-31-30-91-29-28-89-6)63(84)69-44(4)61(82)70-48-14-10-45(11-15-48)41-95-66(87)74(5)22-23-75(24-26-90-27-25-77-56(80)20-21-57(77)81)67(88)96-54-36-53-59(58-43(3)8-7-9-51(54)58)47(37-68)38-78(53)64(85)52-40-76-39-49(16-19-55(76)72-52)71-62(83)46-12-17-50(79)18-13-46/h7-21,36,39-40,42,44,47,56,60,66,79-80,87H,22-35,37-38,41H2,1-6H3,(H,69,84)(H,70,82)(H,71,83)(H,73,86)/t44-,47+,56?,60-,66?/m0/s1. The maximum Gasteiger partial charge on any atom is 0.415 e. The van der Waals surface area contributed by atoms with E-state index in [2.05, 4.69) is 26.3 Å². The zero-order valence-electron chi connectivity index (χ0n) is 54.4. The molecule has 5 atom stereocenters. The number of likely N-dealkylation sites (N-methyl/N-ethyl adjacent to an activating group) is 1. The highest BCUT2D eigenvalue weighted by Gasteiger charge is 2.37. The zero-order chi connectivity index (χ0) is 68.8. The number of aliphatic hydroxyl groups excluding tert-OH is 2. The summed E-state index contributed by atoms with van der Waals surface area (Å²) >= 11 is 6.68. The first-order valence-corrected chi connectivity index (χ1v) is 31.9. The summed E-state index contributed by atoms with van der Waals surface area (Å²) in [6, 6.07) is 21.0. The van der Waals surface area contributed by atoms with Gasteiger partial charge in [0, 0.05) is 92.8 Å². The van der Waals surface area contributed by atoms with E-state index in [4.69, 9.17) is 49.5 Å². The number of alkyl carbamates (subject to hydrolysis) is 1. The predicted molar refractivity (Wildman–Crippen MR) is 354 cm³/mol. The van der Waals surface area contributed by atoms with Crippen LogP contribution >= 0.6 is 11.6 Å². The minimum Gasteiger partial charge on any atom is -0.508 e. The van der Waals surface area contributed by atoms with Crippen LogP contribution in [0.1, 0.15) is 64.2 Å². The number of imidazole rings is 1. The van der Waals surface area contributed by atoms with E-state index in [0.717, 1.165) is 16.5 Å². The van der Waals surface area contributed by atoms with Crippen LogP contribution in [0.2, 0.25) is 0 Å². The molecule has 29 heteroatoms. The Morgan fingerprint density at radius 1 is 0.781 bits per heavy atom. The Balaban J connectivity index is 0.858. The van der Waals surface area contributed by atoms with Crippen LogP contribution in [0, 0.1) is 12.8 Å². The topological polar surface area (TPSA) is 332 Å². The van der Waals surface area contributed by atoms with Gasteiger partial charge in [0.25, 0.3) is 11.8 Å². The first kappa shape index (κ1) is 73.0. The number of alkyl halides is 1. The van der Waals surface area contributed by atoms with Crippen molar-refractivity contribution in [2.75, 3.05) is 134 Å². The van der Waals surface area contributed by atoms with Crippen molar-refractivity contribution in [3.8, 4) is 11.5 Å². The summed E-state index contributed by atoms with van der Waals surface area (Å²) in [5, 5.41) is 43.2. The average molecular weight is 1350 g/mol. The number of hydrogen-bond acceptors (Lipinski definition) is 20. The Labute approximate surface area is 560 Å². The number of aryl methyl sites for hydroxylation is 1. The number of benzene rings is 4. The number of aromatic hydroxyl groups is 1. The minimum atomic E-state index is -1.46. The molecule has 96 heavy (non-hydrogen) atoms. The monoisotopic (exact) mass is 1350 g/mol. The van der Waals surface area contributed by atoms with Crippen molar-refractivity contribution >= 4 is 86.8 Å². The van der Waals surface area contributed by atoms with Gasteiger partial charge in [-0.1, -0.05) is 44.2 Å². The lowest BCUT2D eigenvalue weighted by Crippen LogP contribution is -2.53. The molecule has 0 spiro atoms. The Morgan fingerprint density at radius 3 is 2.15 bits per heavy atom. The quantitative estimate of drug-likeness (QED) is 0.0143. The zero-order valence-corrected chi connectivity index (χ0v) is 55.2. The normalized spacial score (nSPS) is 15.3. The molecule has 2 aliphatic heterocycles. The highest BCUT2D eigenvalue weighted by atomic mass is 35.5. The highest BCUT2D eigenvalue weighted by molar-refractivity contribution is 6.19. The summed E-state index contributed by atoms with van der Waals surface area (Å²) in [7, 11) is 3.19. The molecule has 0 fully saturated rings. The Bertz CT molecular complexity index is 3670. The van der Waals surface area contributed by atoms with Gasteiger partial charge in [0.2, 0.25) is 24.1 Å². The largest absolute Gasteiger partial charge is 0.508 e. The second-order valence-electron chi connectivity index (χ2n) is 23.0. The Kier molecular flexibility index (Phi) is 27.2. The molecule has 7 amide bonds. The number of amides is 7. The van der Waals surface area contributed by atoms with Gasteiger partial charge >= 0.3 is 12.2 Å². The van der Waals surface area contributed by atoms with Gasteiger partial charge in [-0.2, -0.15) is 0 Å². The SMILES string of the molecule is COCCOCCOCCOCCOC(=O)N[C@H](C(=O)N[C@@H](C)C(=O)Nc1ccc(COC(O)N(C)CCN(CCOCCN2C(=O)C=CC2O)C(=O)Oc2cc3c(c4c(C)cccc24)[C@H](CCl)CN3C(=O)c2cn3cc(NC(=O)c4ccc(O)cc4)ccc3n2)cc1)C(C)C. The van der Waals surface area contributed by atoms with Crippen LogP contribution in [-0.4, -0.2) is 225 Å². The number of carbonyl (C=O) groups is 7.